The van der Waals surface area contributed by atoms with Crippen LogP contribution in [0, 0.1) is 5.82 Å². The number of carboxylic acids is 1. The van der Waals surface area contributed by atoms with Gasteiger partial charge in [-0.15, -0.1) is 0 Å². The van der Waals surface area contributed by atoms with Crippen LogP contribution in [0.2, 0.25) is 5.02 Å². The van der Waals surface area contributed by atoms with Crippen molar-refractivity contribution in [3.05, 3.63) is 64.4 Å². The monoisotopic (exact) mass is 434 g/mol. The maximum Gasteiger partial charge on any atom is 0.341 e. The first-order valence-corrected chi connectivity index (χ1v) is 8.86. The van der Waals surface area contributed by atoms with Crippen LogP contribution < -0.4 is 15.0 Å². The lowest BCUT2D eigenvalue weighted by molar-refractivity contribution is -0.139. The zero-order valence-corrected chi connectivity index (χ0v) is 16.1. The summed E-state index contributed by atoms with van der Waals surface area (Å²) in [4.78, 5) is 36.6. The number of rotatable bonds is 5. The Bertz CT molecular complexity index is 1070. The van der Waals surface area contributed by atoms with Gasteiger partial charge >= 0.3 is 5.97 Å². The summed E-state index contributed by atoms with van der Waals surface area (Å²) in [6.07, 6.45) is 1.26. The second-order valence-corrected chi connectivity index (χ2v) is 6.58. The molecule has 1 aliphatic rings. The maximum atomic E-state index is 14.1. The van der Waals surface area contributed by atoms with Crippen molar-refractivity contribution in [1.29, 1.82) is 0 Å². The molecule has 2 N–H and O–H groups in total. The van der Waals surface area contributed by atoms with Crippen molar-refractivity contribution in [2.24, 2.45) is 0 Å². The number of hydrogen-bond acceptors (Lipinski definition) is 5. The average molecular weight is 435 g/mol. The number of nitrogens with zero attached hydrogens (tertiary/aromatic N) is 1. The minimum atomic E-state index is -1.17. The Morgan fingerprint density at radius 3 is 2.66 bits per heavy atom. The number of hydrogen-bond donors (Lipinski definition) is 2. The highest BCUT2D eigenvalue weighted by Gasteiger charge is 2.35. The number of carbonyl (C=O) groups is 3. The first-order chi connectivity index (χ1) is 13.8. The molecule has 1 fully saturated rings. The fraction of sp³-hybridized carbons (Fsp3) is 0.0526. The topological polar surface area (TPSA) is 95.9 Å². The molecule has 0 atom stereocenters. The van der Waals surface area contributed by atoms with E-state index in [0.29, 0.717) is 5.56 Å². The van der Waals surface area contributed by atoms with Crippen molar-refractivity contribution in [2.75, 3.05) is 11.5 Å². The van der Waals surface area contributed by atoms with E-state index in [1.54, 1.807) is 0 Å². The molecule has 10 heteroatoms. The number of carboxylic acid groups (broad SMARTS) is 1. The summed E-state index contributed by atoms with van der Waals surface area (Å²) in [6.45, 7) is -0.573. The Hall–Kier alpha value is -3.30. The molecule has 0 radical (unpaired) electrons. The van der Waals surface area contributed by atoms with Gasteiger partial charge in [-0.3, -0.25) is 14.9 Å². The fourth-order valence-electron chi connectivity index (χ4n) is 2.54. The number of anilines is 1. The number of nitrogens with one attached hydrogen (secondary N) is 1. The van der Waals surface area contributed by atoms with E-state index in [1.807, 2.05) is 0 Å². The smallest absolute Gasteiger partial charge is 0.341 e. The number of carbonyl (C=O) groups excluding carboxylic acids is 2. The normalized spacial score (nSPS) is 15.4. The fourth-order valence-corrected chi connectivity index (χ4v) is 3.06. The van der Waals surface area contributed by atoms with Crippen LogP contribution in [0.15, 0.2) is 48.0 Å². The van der Waals surface area contributed by atoms with Crippen molar-refractivity contribution in [3.63, 3.8) is 0 Å². The predicted octanol–water partition coefficient (Wildman–Crippen LogP) is 2.77. The molecular weight excluding hydrogens is 423 g/mol. The highest BCUT2D eigenvalue weighted by molar-refractivity contribution is 7.80. The first-order valence-electron chi connectivity index (χ1n) is 8.08. The van der Waals surface area contributed by atoms with E-state index in [9.17, 15) is 18.8 Å². The van der Waals surface area contributed by atoms with Gasteiger partial charge in [-0.25, -0.2) is 14.1 Å². The van der Waals surface area contributed by atoms with E-state index in [1.165, 1.54) is 48.5 Å². The molecule has 0 aromatic heterocycles. The van der Waals surface area contributed by atoms with Crippen LogP contribution in [0.3, 0.4) is 0 Å². The number of ether oxygens (including phenoxy) is 1. The van der Waals surface area contributed by atoms with Gasteiger partial charge in [-0.1, -0.05) is 29.8 Å². The molecular formula is C19H12ClFN2O5S. The second kappa shape index (κ2) is 8.38. The Labute approximate surface area is 174 Å². The van der Waals surface area contributed by atoms with Crippen LogP contribution in [0.1, 0.15) is 5.56 Å². The van der Waals surface area contributed by atoms with Crippen LogP contribution in [-0.4, -0.2) is 34.6 Å². The highest BCUT2D eigenvalue weighted by Crippen LogP contribution is 2.28. The van der Waals surface area contributed by atoms with E-state index in [4.69, 9.17) is 33.7 Å². The van der Waals surface area contributed by atoms with E-state index >= 15 is 0 Å². The minimum Gasteiger partial charge on any atom is -0.480 e. The summed E-state index contributed by atoms with van der Waals surface area (Å²) in [6, 6.07) is 9.80. The molecule has 1 aliphatic heterocycles. The van der Waals surface area contributed by atoms with Crippen molar-refractivity contribution >= 4 is 58.5 Å². The maximum absolute atomic E-state index is 14.1. The third-order valence-electron chi connectivity index (χ3n) is 3.81. The summed E-state index contributed by atoms with van der Waals surface area (Å²) in [7, 11) is 0. The third-order valence-corrected chi connectivity index (χ3v) is 4.39. The predicted molar refractivity (Wildman–Crippen MR) is 107 cm³/mol. The lowest BCUT2D eigenvalue weighted by Crippen LogP contribution is -2.54. The number of aliphatic carboxylic acids is 1. The molecule has 2 aromatic carbocycles. The molecule has 29 heavy (non-hydrogen) atoms. The van der Waals surface area contributed by atoms with Crippen LogP contribution in [0.25, 0.3) is 6.08 Å². The van der Waals surface area contributed by atoms with Gasteiger partial charge in [0.15, 0.2) is 11.7 Å². The Morgan fingerprint density at radius 2 is 2.00 bits per heavy atom. The zero-order chi connectivity index (χ0) is 21.1. The molecule has 0 unspecified atom stereocenters. The molecule has 2 aromatic rings. The van der Waals surface area contributed by atoms with Crippen LogP contribution in [0.4, 0.5) is 10.1 Å². The van der Waals surface area contributed by atoms with E-state index < -0.39 is 30.2 Å². The van der Waals surface area contributed by atoms with Gasteiger partial charge in [-0.2, -0.15) is 0 Å². The van der Waals surface area contributed by atoms with Crippen LogP contribution >= 0.6 is 23.8 Å². The molecule has 3 rings (SSSR count). The van der Waals surface area contributed by atoms with Crippen LogP contribution in [0.5, 0.6) is 5.75 Å². The van der Waals surface area contributed by atoms with Gasteiger partial charge < -0.3 is 9.84 Å². The van der Waals surface area contributed by atoms with Gasteiger partial charge in [-0.05, 0) is 48.1 Å². The van der Waals surface area contributed by atoms with Crippen molar-refractivity contribution < 1.29 is 28.6 Å². The second-order valence-electron chi connectivity index (χ2n) is 5.78. The molecule has 0 aliphatic carbocycles. The van der Waals surface area contributed by atoms with E-state index in [2.05, 4.69) is 5.32 Å². The molecule has 7 nitrogen and oxygen atoms in total. The van der Waals surface area contributed by atoms with Crippen molar-refractivity contribution in [3.8, 4) is 5.75 Å². The Kier molecular flexibility index (Phi) is 5.90. The summed E-state index contributed by atoms with van der Waals surface area (Å²) >= 11 is 11.1. The SMILES string of the molecule is O=C(O)COc1ccc(/C=C2\C(=O)NC(=S)N(c3ccccc3F)C2=O)cc1Cl. The van der Waals surface area contributed by atoms with Gasteiger partial charge in [0.2, 0.25) is 0 Å². The summed E-state index contributed by atoms with van der Waals surface area (Å²) in [5, 5.41) is 10.9. The van der Waals surface area contributed by atoms with E-state index in [-0.39, 0.29) is 27.1 Å². The zero-order valence-electron chi connectivity index (χ0n) is 14.5. The lowest BCUT2D eigenvalue weighted by atomic mass is 10.1. The number of benzene rings is 2. The van der Waals surface area contributed by atoms with Gasteiger partial charge in [0, 0.05) is 0 Å². The summed E-state index contributed by atoms with van der Waals surface area (Å²) in [5.41, 5.74) is -0.00143. The van der Waals surface area contributed by atoms with Gasteiger partial charge in [0.05, 0.1) is 10.7 Å². The highest BCUT2D eigenvalue weighted by atomic mass is 35.5. The van der Waals surface area contributed by atoms with Crippen LogP contribution in [-0.2, 0) is 14.4 Å². The molecule has 1 heterocycles. The Morgan fingerprint density at radius 1 is 1.28 bits per heavy atom. The van der Waals surface area contributed by atoms with Gasteiger partial charge in [0.1, 0.15) is 17.1 Å². The molecule has 0 bridgehead atoms. The minimum absolute atomic E-state index is 0.0887. The molecule has 148 valence electrons. The first kappa shape index (κ1) is 20.4. The number of thiocarbonyl (C=S) groups is 1. The average Bonchev–Trinajstić information content (AvgIpc) is 2.65. The lowest BCUT2D eigenvalue weighted by Gasteiger charge is -2.29. The van der Waals surface area contributed by atoms with Gasteiger partial charge in [0.25, 0.3) is 11.8 Å². The summed E-state index contributed by atoms with van der Waals surface area (Å²) in [5.74, 6) is -3.26. The number of para-hydroxylation sites is 1. The summed E-state index contributed by atoms with van der Waals surface area (Å²) < 4.78 is 19.2. The van der Waals surface area contributed by atoms with E-state index in [0.717, 1.165) is 4.90 Å². The number of amides is 2. The largest absolute Gasteiger partial charge is 0.480 e. The van der Waals surface area contributed by atoms with Crippen molar-refractivity contribution in [1.82, 2.24) is 5.32 Å². The molecule has 0 saturated carbocycles. The standard InChI is InChI=1S/C19H12ClFN2O5S/c20-12-8-10(5-6-15(12)28-9-16(24)25)7-11-17(26)22-19(29)23(18(11)27)14-4-2-1-3-13(14)21/h1-8H,9H2,(H,24,25)(H,22,26,29)/b11-7+. The molecule has 2 amide bonds. The molecule has 0 spiro atoms. The number of halogens is 2. The van der Waals surface area contributed by atoms with Crippen molar-refractivity contribution in [2.45, 2.75) is 0 Å². The quantitative estimate of drug-likeness (QED) is 0.427. The third kappa shape index (κ3) is 4.41. The molecule has 1 saturated heterocycles. The Balaban J connectivity index is 1.94.